The lowest BCUT2D eigenvalue weighted by Crippen LogP contribution is -2.38. The van der Waals surface area contributed by atoms with E-state index >= 15 is 0 Å². The van der Waals surface area contributed by atoms with Gasteiger partial charge in [0.05, 0.1) is 6.04 Å². The molecule has 4 nitrogen and oxygen atoms in total. The summed E-state index contributed by atoms with van der Waals surface area (Å²) >= 11 is 1.20. The van der Waals surface area contributed by atoms with Crippen LogP contribution in [-0.2, 0) is 6.42 Å². The quantitative estimate of drug-likeness (QED) is 0.947. The van der Waals surface area contributed by atoms with Crippen LogP contribution < -0.4 is 5.32 Å². The van der Waals surface area contributed by atoms with Gasteiger partial charge in [-0.05, 0) is 47.3 Å². The molecule has 0 saturated carbocycles. The summed E-state index contributed by atoms with van der Waals surface area (Å²) in [5, 5.41) is 8.73. The molecule has 3 rings (SSSR count). The van der Waals surface area contributed by atoms with E-state index in [1.54, 1.807) is 5.38 Å². The molecule has 1 aromatic carbocycles. The average molecular weight is 301 g/mol. The lowest BCUT2D eigenvalue weighted by Gasteiger charge is -2.36. The van der Waals surface area contributed by atoms with Gasteiger partial charge < -0.3 is 5.32 Å². The topological polar surface area (TPSA) is 54.9 Å². The zero-order valence-electron chi connectivity index (χ0n) is 12.2. The molecule has 1 aliphatic carbocycles. The van der Waals surface area contributed by atoms with Gasteiger partial charge in [0.1, 0.15) is 0 Å². The second-order valence-corrected chi connectivity index (χ2v) is 6.50. The molecule has 2 unspecified atom stereocenters. The molecule has 0 radical (unpaired) electrons. The van der Waals surface area contributed by atoms with Gasteiger partial charge >= 0.3 is 0 Å². The van der Waals surface area contributed by atoms with Crippen molar-refractivity contribution < 1.29 is 4.79 Å². The maximum Gasteiger partial charge on any atom is 0.273 e. The molecule has 1 N–H and O–H groups in total. The van der Waals surface area contributed by atoms with Crippen molar-refractivity contribution in [2.24, 2.45) is 11.8 Å². The fourth-order valence-electron chi connectivity index (χ4n) is 3.17. The van der Waals surface area contributed by atoms with Crippen molar-refractivity contribution >= 4 is 17.4 Å². The predicted octanol–water partition coefficient (Wildman–Crippen LogP) is 3.23. The Kier molecular flexibility index (Phi) is 4.01. The second-order valence-electron chi connectivity index (χ2n) is 5.89. The minimum absolute atomic E-state index is 0.0594. The minimum atomic E-state index is -0.129. The smallest absolute Gasteiger partial charge is 0.273 e. The van der Waals surface area contributed by atoms with E-state index in [0.717, 1.165) is 12.8 Å². The monoisotopic (exact) mass is 301 g/mol. The molecule has 2 aromatic rings. The van der Waals surface area contributed by atoms with Gasteiger partial charge in [0.2, 0.25) is 0 Å². The van der Waals surface area contributed by atoms with Gasteiger partial charge in [-0.2, -0.15) is 0 Å². The second kappa shape index (κ2) is 5.93. The third-order valence-corrected chi connectivity index (χ3v) is 4.81. The van der Waals surface area contributed by atoms with Crippen molar-refractivity contribution in [3.05, 3.63) is 46.5 Å². The zero-order valence-corrected chi connectivity index (χ0v) is 13.1. The maximum atomic E-state index is 12.3. The summed E-state index contributed by atoms with van der Waals surface area (Å²) in [6, 6.07) is 8.47. The number of rotatable bonds is 3. The number of carbonyl (C=O) groups excluding carboxylic acids is 1. The molecule has 1 heterocycles. The van der Waals surface area contributed by atoms with Crippen LogP contribution in [0.2, 0.25) is 0 Å². The molecular formula is C16H19N3OS. The third kappa shape index (κ3) is 2.83. The first-order valence-electron chi connectivity index (χ1n) is 7.32. The number of aromatic nitrogens is 2. The Labute approximate surface area is 128 Å². The Bertz CT molecular complexity index is 624. The molecule has 0 spiro atoms. The Balaban J connectivity index is 1.90. The summed E-state index contributed by atoms with van der Waals surface area (Å²) < 4.78 is 3.77. The first-order chi connectivity index (χ1) is 10.2. The van der Waals surface area contributed by atoms with Gasteiger partial charge in [-0.3, -0.25) is 4.79 Å². The number of aryl methyl sites for hydroxylation is 1. The number of carbonyl (C=O) groups is 1. The van der Waals surface area contributed by atoms with Crippen LogP contribution in [-0.4, -0.2) is 15.5 Å². The minimum Gasteiger partial charge on any atom is -0.344 e. The van der Waals surface area contributed by atoms with Crippen molar-refractivity contribution in [3.63, 3.8) is 0 Å². The summed E-state index contributed by atoms with van der Waals surface area (Å²) in [6.45, 7) is 4.45. The molecule has 0 fully saturated rings. The van der Waals surface area contributed by atoms with E-state index in [-0.39, 0.29) is 11.9 Å². The van der Waals surface area contributed by atoms with Crippen molar-refractivity contribution in [1.82, 2.24) is 14.9 Å². The molecule has 21 heavy (non-hydrogen) atoms. The van der Waals surface area contributed by atoms with Crippen molar-refractivity contribution in [2.75, 3.05) is 0 Å². The number of nitrogens with one attached hydrogen (secondary N) is 1. The van der Waals surface area contributed by atoms with E-state index in [1.165, 1.54) is 22.7 Å². The lowest BCUT2D eigenvalue weighted by molar-refractivity contribution is 0.0899. The number of hydrogen-bond acceptors (Lipinski definition) is 4. The molecule has 0 bridgehead atoms. The fourth-order valence-corrected chi connectivity index (χ4v) is 3.60. The van der Waals surface area contributed by atoms with Crippen LogP contribution in [0.5, 0.6) is 0 Å². The van der Waals surface area contributed by atoms with E-state index < -0.39 is 0 Å². The van der Waals surface area contributed by atoms with Gasteiger partial charge in [-0.25, -0.2) is 0 Å². The molecule has 5 heteroatoms. The fraction of sp³-hybridized carbons (Fsp3) is 0.438. The van der Waals surface area contributed by atoms with Crippen LogP contribution in [0.1, 0.15) is 47.9 Å². The maximum absolute atomic E-state index is 12.3. The van der Waals surface area contributed by atoms with Crippen LogP contribution in [0.25, 0.3) is 0 Å². The largest absolute Gasteiger partial charge is 0.344 e. The summed E-state index contributed by atoms with van der Waals surface area (Å²) in [4.78, 5) is 12.3. The van der Waals surface area contributed by atoms with Crippen LogP contribution in [0.3, 0.4) is 0 Å². The third-order valence-electron chi connectivity index (χ3n) is 4.30. The van der Waals surface area contributed by atoms with Crippen molar-refractivity contribution in [1.29, 1.82) is 0 Å². The summed E-state index contributed by atoms with van der Waals surface area (Å²) in [7, 11) is 0. The molecule has 1 amide bonds. The first kappa shape index (κ1) is 14.2. The molecular weight excluding hydrogens is 282 g/mol. The van der Waals surface area contributed by atoms with E-state index in [1.807, 2.05) is 6.07 Å². The van der Waals surface area contributed by atoms with Gasteiger partial charge in [-0.15, -0.1) is 5.10 Å². The highest BCUT2D eigenvalue weighted by Crippen LogP contribution is 2.38. The Hall–Kier alpha value is -1.75. The van der Waals surface area contributed by atoms with Gasteiger partial charge in [0.25, 0.3) is 5.91 Å². The SMILES string of the molecule is CC(C)C1CCc2ccccc2C1NC(=O)c1csnn1. The molecule has 1 aromatic heterocycles. The van der Waals surface area contributed by atoms with Crippen LogP contribution >= 0.6 is 11.5 Å². The predicted molar refractivity (Wildman–Crippen MR) is 83.2 cm³/mol. The highest BCUT2D eigenvalue weighted by Gasteiger charge is 2.32. The number of hydrogen-bond donors (Lipinski definition) is 1. The number of fused-ring (bicyclic) bond motifs is 1. The van der Waals surface area contributed by atoms with Gasteiger partial charge in [0.15, 0.2) is 5.69 Å². The zero-order chi connectivity index (χ0) is 14.8. The number of nitrogens with zero attached hydrogens (tertiary/aromatic N) is 2. The summed E-state index contributed by atoms with van der Waals surface area (Å²) in [5.41, 5.74) is 3.00. The molecule has 0 saturated heterocycles. The normalized spacial score (nSPS) is 21.1. The average Bonchev–Trinajstić information content (AvgIpc) is 3.01. The van der Waals surface area contributed by atoms with Crippen LogP contribution in [0, 0.1) is 11.8 Å². The van der Waals surface area contributed by atoms with E-state index in [0.29, 0.717) is 17.5 Å². The lowest BCUT2D eigenvalue weighted by atomic mass is 9.74. The summed E-state index contributed by atoms with van der Waals surface area (Å²) in [5.74, 6) is 0.851. The summed E-state index contributed by atoms with van der Waals surface area (Å²) in [6.07, 6.45) is 2.19. The highest BCUT2D eigenvalue weighted by molar-refractivity contribution is 7.03. The standard InChI is InChI=1S/C16H19N3OS/c1-10(2)12-8-7-11-5-3-4-6-13(11)15(12)17-16(20)14-9-21-19-18-14/h3-6,9-10,12,15H,7-8H2,1-2H3,(H,17,20). The molecule has 110 valence electrons. The number of benzene rings is 1. The Morgan fingerprint density at radius 2 is 2.19 bits per heavy atom. The van der Waals surface area contributed by atoms with Crippen molar-refractivity contribution in [3.8, 4) is 0 Å². The van der Waals surface area contributed by atoms with Crippen LogP contribution in [0.15, 0.2) is 29.6 Å². The number of amides is 1. The molecule has 0 aliphatic heterocycles. The first-order valence-corrected chi connectivity index (χ1v) is 8.16. The van der Waals surface area contributed by atoms with Gasteiger partial charge in [0, 0.05) is 5.38 Å². The molecule has 2 atom stereocenters. The van der Waals surface area contributed by atoms with E-state index in [4.69, 9.17) is 0 Å². The highest BCUT2D eigenvalue weighted by atomic mass is 32.1. The van der Waals surface area contributed by atoms with Gasteiger partial charge in [-0.1, -0.05) is 42.6 Å². The van der Waals surface area contributed by atoms with Crippen LogP contribution in [0.4, 0.5) is 0 Å². The molecule has 1 aliphatic rings. The van der Waals surface area contributed by atoms with E-state index in [9.17, 15) is 4.79 Å². The Morgan fingerprint density at radius 1 is 1.38 bits per heavy atom. The van der Waals surface area contributed by atoms with E-state index in [2.05, 4.69) is 47.0 Å². The van der Waals surface area contributed by atoms with Crippen molar-refractivity contribution in [2.45, 2.75) is 32.7 Å². The Morgan fingerprint density at radius 3 is 2.90 bits per heavy atom.